The Kier molecular flexibility index (Phi) is 5.84. The summed E-state index contributed by atoms with van der Waals surface area (Å²) >= 11 is 0. The van der Waals surface area contributed by atoms with Crippen molar-refractivity contribution in [2.45, 2.75) is 70.7 Å². The Labute approximate surface area is 160 Å². The van der Waals surface area contributed by atoms with Gasteiger partial charge in [-0.05, 0) is 63.1 Å². The second kappa shape index (κ2) is 7.97. The van der Waals surface area contributed by atoms with E-state index in [1.165, 1.54) is 18.2 Å². The Balaban J connectivity index is 1.92. The van der Waals surface area contributed by atoms with Crippen molar-refractivity contribution in [2.24, 2.45) is 5.92 Å². The predicted molar refractivity (Wildman–Crippen MR) is 101 cm³/mol. The van der Waals surface area contributed by atoms with E-state index in [0.29, 0.717) is 18.8 Å². The molecule has 1 saturated carbocycles. The summed E-state index contributed by atoms with van der Waals surface area (Å²) in [5, 5.41) is 2.96. The molecular formula is C21H29FN2O3. The quantitative estimate of drug-likeness (QED) is 0.875. The average Bonchev–Trinajstić information content (AvgIpc) is 3.02. The third kappa shape index (κ3) is 4.00. The fourth-order valence-corrected chi connectivity index (χ4v) is 3.98. The molecule has 27 heavy (non-hydrogen) atoms. The van der Waals surface area contributed by atoms with Gasteiger partial charge in [0.25, 0.3) is 5.91 Å². The van der Waals surface area contributed by atoms with Gasteiger partial charge in [-0.25, -0.2) is 4.39 Å². The molecule has 1 aliphatic carbocycles. The van der Waals surface area contributed by atoms with Crippen LogP contribution in [-0.4, -0.2) is 41.1 Å². The highest BCUT2D eigenvalue weighted by atomic mass is 19.1. The molecule has 2 amide bonds. The SMILES string of the molecule is CC[C@H](C)NC(=O)[C@@H]1COC2(CCC(C)CC2)N1C(=O)c1cccc(F)c1. The zero-order valence-corrected chi connectivity index (χ0v) is 16.3. The van der Waals surface area contributed by atoms with E-state index in [1.54, 1.807) is 11.0 Å². The summed E-state index contributed by atoms with van der Waals surface area (Å²) in [7, 11) is 0. The lowest BCUT2D eigenvalue weighted by atomic mass is 9.83. The van der Waals surface area contributed by atoms with E-state index in [1.807, 2.05) is 13.8 Å². The molecule has 2 fully saturated rings. The van der Waals surface area contributed by atoms with Gasteiger partial charge in [0.15, 0.2) is 0 Å². The molecule has 2 aliphatic rings. The maximum Gasteiger partial charge on any atom is 0.256 e. The number of nitrogens with one attached hydrogen (secondary N) is 1. The minimum absolute atomic E-state index is 0.0200. The van der Waals surface area contributed by atoms with Crippen molar-refractivity contribution in [3.63, 3.8) is 0 Å². The number of nitrogens with zero attached hydrogens (tertiary/aromatic N) is 1. The number of halogens is 1. The van der Waals surface area contributed by atoms with Crippen LogP contribution in [0.15, 0.2) is 24.3 Å². The maximum atomic E-state index is 13.7. The number of carbonyl (C=O) groups excluding carboxylic acids is 2. The van der Waals surface area contributed by atoms with Crippen LogP contribution < -0.4 is 5.32 Å². The Morgan fingerprint density at radius 3 is 2.70 bits per heavy atom. The van der Waals surface area contributed by atoms with Crippen molar-refractivity contribution >= 4 is 11.8 Å². The van der Waals surface area contributed by atoms with Gasteiger partial charge in [-0.1, -0.05) is 19.9 Å². The van der Waals surface area contributed by atoms with Gasteiger partial charge in [0.2, 0.25) is 5.91 Å². The highest BCUT2D eigenvalue weighted by molar-refractivity contribution is 5.98. The molecule has 0 radical (unpaired) electrons. The molecular weight excluding hydrogens is 347 g/mol. The molecule has 0 aromatic heterocycles. The van der Waals surface area contributed by atoms with E-state index in [-0.39, 0.29) is 30.0 Å². The Morgan fingerprint density at radius 2 is 2.07 bits per heavy atom. The number of hydrogen-bond donors (Lipinski definition) is 1. The van der Waals surface area contributed by atoms with Gasteiger partial charge in [-0.2, -0.15) is 0 Å². The number of hydrogen-bond acceptors (Lipinski definition) is 3. The number of benzene rings is 1. The number of amides is 2. The number of rotatable bonds is 4. The highest BCUT2D eigenvalue weighted by Crippen LogP contribution is 2.43. The molecule has 0 unspecified atom stereocenters. The van der Waals surface area contributed by atoms with E-state index in [2.05, 4.69) is 12.2 Å². The van der Waals surface area contributed by atoms with E-state index in [0.717, 1.165) is 19.3 Å². The molecule has 1 aromatic carbocycles. The van der Waals surface area contributed by atoms with Crippen LogP contribution in [0.1, 0.15) is 63.2 Å². The summed E-state index contributed by atoms with van der Waals surface area (Å²) in [4.78, 5) is 27.8. The lowest BCUT2D eigenvalue weighted by Crippen LogP contribution is -2.57. The number of ether oxygens (including phenoxy) is 1. The van der Waals surface area contributed by atoms with Crippen LogP contribution in [0.5, 0.6) is 0 Å². The van der Waals surface area contributed by atoms with Gasteiger partial charge in [0.05, 0.1) is 6.61 Å². The second-order valence-electron chi connectivity index (χ2n) is 7.96. The normalized spacial score (nSPS) is 29.0. The molecule has 3 rings (SSSR count). The topological polar surface area (TPSA) is 58.6 Å². The first-order valence-electron chi connectivity index (χ1n) is 9.90. The summed E-state index contributed by atoms with van der Waals surface area (Å²) in [5.41, 5.74) is -0.521. The maximum absolute atomic E-state index is 13.7. The fourth-order valence-electron chi connectivity index (χ4n) is 3.98. The zero-order chi connectivity index (χ0) is 19.6. The smallest absolute Gasteiger partial charge is 0.256 e. The van der Waals surface area contributed by atoms with Gasteiger partial charge in [-0.3, -0.25) is 14.5 Å². The number of carbonyl (C=O) groups is 2. The first kappa shape index (κ1) is 19.8. The van der Waals surface area contributed by atoms with Gasteiger partial charge in [0.1, 0.15) is 17.6 Å². The lowest BCUT2D eigenvalue weighted by Gasteiger charge is -2.43. The van der Waals surface area contributed by atoms with Crippen molar-refractivity contribution in [1.29, 1.82) is 0 Å². The van der Waals surface area contributed by atoms with Crippen LogP contribution in [-0.2, 0) is 9.53 Å². The van der Waals surface area contributed by atoms with Crippen LogP contribution in [0.3, 0.4) is 0 Å². The predicted octanol–water partition coefficient (Wildman–Crippen LogP) is 3.49. The largest absolute Gasteiger partial charge is 0.353 e. The molecule has 1 aromatic rings. The highest BCUT2D eigenvalue weighted by Gasteiger charge is 2.53. The van der Waals surface area contributed by atoms with Crippen LogP contribution in [0.2, 0.25) is 0 Å². The first-order valence-corrected chi connectivity index (χ1v) is 9.90. The minimum atomic E-state index is -0.770. The first-order chi connectivity index (χ1) is 12.9. The fraction of sp³-hybridized carbons (Fsp3) is 0.619. The van der Waals surface area contributed by atoms with Gasteiger partial charge >= 0.3 is 0 Å². The Hall–Kier alpha value is -1.95. The summed E-state index contributed by atoms with van der Waals surface area (Å²) in [6.07, 6.45) is 4.07. The summed E-state index contributed by atoms with van der Waals surface area (Å²) in [6.45, 7) is 6.30. The third-order valence-electron chi connectivity index (χ3n) is 5.91. The van der Waals surface area contributed by atoms with Crippen LogP contribution in [0.25, 0.3) is 0 Å². The Morgan fingerprint density at radius 1 is 1.37 bits per heavy atom. The van der Waals surface area contributed by atoms with Crippen LogP contribution >= 0.6 is 0 Å². The van der Waals surface area contributed by atoms with Crippen molar-refractivity contribution in [3.8, 4) is 0 Å². The van der Waals surface area contributed by atoms with Crippen molar-refractivity contribution in [2.75, 3.05) is 6.61 Å². The molecule has 1 spiro atoms. The van der Waals surface area contributed by atoms with Crippen molar-refractivity contribution < 1.29 is 18.7 Å². The molecule has 1 aliphatic heterocycles. The molecule has 0 bridgehead atoms. The van der Waals surface area contributed by atoms with E-state index >= 15 is 0 Å². The molecule has 1 heterocycles. The van der Waals surface area contributed by atoms with Crippen molar-refractivity contribution in [3.05, 3.63) is 35.6 Å². The Bertz CT molecular complexity index is 700. The molecule has 1 N–H and O–H groups in total. The summed E-state index contributed by atoms with van der Waals surface area (Å²) < 4.78 is 19.8. The third-order valence-corrected chi connectivity index (χ3v) is 5.91. The van der Waals surface area contributed by atoms with Gasteiger partial charge in [0, 0.05) is 11.6 Å². The molecule has 2 atom stereocenters. The monoisotopic (exact) mass is 376 g/mol. The van der Waals surface area contributed by atoms with Crippen LogP contribution in [0.4, 0.5) is 4.39 Å². The minimum Gasteiger partial charge on any atom is -0.353 e. The lowest BCUT2D eigenvalue weighted by molar-refractivity contribution is -0.128. The van der Waals surface area contributed by atoms with E-state index < -0.39 is 17.6 Å². The average molecular weight is 376 g/mol. The van der Waals surface area contributed by atoms with Gasteiger partial charge < -0.3 is 10.1 Å². The molecule has 6 heteroatoms. The zero-order valence-electron chi connectivity index (χ0n) is 16.3. The second-order valence-corrected chi connectivity index (χ2v) is 7.96. The van der Waals surface area contributed by atoms with Crippen LogP contribution in [0, 0.1) is 11.7 Å². The van der Waals surface area contributed by atoms with E-state index in [4.69, 9.17) is 4.74 Å². The molecule has 5 nitrogen and oxygen atoms in total. The summed E-state index contributed by atoms with van der Waals surface area (Å²) in [5.74, 6) is -0.443. The van der Waals surface area contributed by atoms with Gasteiger partial charge in [-0.15, -0.1) is 0 Å². The molecule has 148 valence electrons. The van der Waals surface area contributed by atoms with E-state index in [9.17, 15) is 14.0 Å². The van der Waals surface area contributed by atoms with Crippen molar-refractivity contribution in [1.82, 2.24) is 10.2 Å². The summed E-state index contributed by atoms with van der Waals surface area (Å²) in [6, 6.07) is 4.97. The standard InChI is InChI=1S/C21H29FN2O3/c1-4-15(3)23-19(25)18-13-27-21(10-8-14(2)9-11-21)24(18)20(26)16-6-5-7-17(22)12-16/h5-7,12,14-15,18H,4,8-11,13H2,1-3H3,(H,23,25)/t14?,15-,18-,21?/m0/s1. The molecule has 1 saturated heterocycles.